The Bertz CT molecular complexity index is 1030. The third-order valence-corrected chi connectivity index (χ3v) is 5.40. The molecule has 4 aromatic heterocycles. The van der Waals surface area contributed by atoms with Gasteiger partial charge in [-0.05, 0) is 56.3 Å². The summed E-state index contributed by atoms with van der Waals surface area (Å²) in [5.74, 6) is 1.35. The van der Waals surface area contributed by atoms with Gasteiger partial charge in [-0.1, -0.05) is 0 Å². The number of aromatic nitrogens is 7. The fourth-order valence-electron chi connectivity index (χ4n) is 3.82. The zero-order valence-corrected chi connectivity index (χ0v) is 15.6. The number of fused-ring (bicyclic) bond motifs is 1. The average Bonchev–Trinajstić information content (AvgIpc) is 3.43. The van der Waals surface area contributed by atoms with E-state index in [0.717, 1.165) is 61.7 Å². The second-order valence-corrected chi connectivity index (χ2v) is 7.17. The molecule has 8 heteroatoms. The van der Waals surface area contributed by atoms with Gasteiger partial charge in [0, 0.05) is 42.8 Å². The maximum Gasteiger partial charge on any atom is 0.177 e. The summed E-state index contributed by atoms with van der Waals surface area (Å²) in [6.07, 6.45) is 9.58. The summed E-state index contributed by atoms with van der Waals surface area (Å²) in [6.45, 7) is 4.08. The molecule has 0 radical (unpaired) electrons. The molecule has 1 aliphatic rings. The highest BCUT2D eigenvalue weighted by molar-refractivity contribution is 5.58. The van der Waals surface area contributed by atoms with Gasteiger partial charge in [0.1, 0.15) is 0 Å². The number of pyridine rings is 1. The molecule has 1 aliphatic heterocycles. The maximum atomic E-state index is 4.80. The number of piperidine rings is 1. The Kier molecular flexibility index (Phi) is 4.54. The summed E-state index contributed by atoms with van der Waals surface area (Å²) in [4.78, 5) is 6.69. The number of likely N-dealkylation sites (tertiary alicyclic amines) is 1. The van der Waals surface area contributed by atoms with Gasteiger partial charge in [0.25, 0.3) is 0 Å². The number of rotatable bonds is 5. The van der Waals surface area contributed by atoms with E-state index in [0.29, 0.717) is 5.92 Å². The Labute approximate surface area is 162 Å². The fraction of sp³-hybridized carbons (Fsp3) is 0.350. The largest absolute Gasteiger partial charge is 0.301 e. The summed E-state index contributed by atoms with van der Waals surface area (Å²) in [6, 6.07) is 9.86. The summed E-state index contributed by atoms with van der Waals surface area (Å²) in [5, 5.41) is 17.9. The monoisotopic (exact) mass is 374 g/mol. The molecule has 142 valence electrons. The molecule has 0 amide bonds. The molecule has 1 saturated heterocycles. The van der Waals surface area contributed by atoms with Crippen LogP contribution >= 0.6 is 0 Å². The number of hydrogen-bond acceptors (Lipinski definition) is 6. The molecule has 0 bridgehead atoms. The van der Waals surface area contributed by atoms with Crippen LogP contribution in [0.5, 0.6) is 0 Å². The third kappa shape index (κ3) is 3.38. The quantitative estimate of drug-likeness (QED) is 0.533. The van der Waals surface area contributed by atoms with Crippen LogP contribution in [-0.4, -0.2) is 59.1 Å². The first-order valence-corrected chi connectivity index (χ1v) is 9.69. The van der Waals surface area contributed by atoms with E-state index in [4.69, 9.17) is 5.10 Å². The molecular weight excluding hydrogens is 352 g/mol. The minimum atomic E-state index is 0.382. The van der Waals surface area contributed by atoms with Crippen LogP contribution < -0.4 is 0 Å². The topological polar surface area (TPSA) is 77.0 Å². The Hall–Kier alpha value is -3.13. The highest BCUT2D eigenvalue weighted by atomic mass is 15.4. The van der Waals surface area contributed by atoms with E-state index >= 15 is 0 Å². The Morgan fingerprint density at radius 2 is 1.89 bits per heavy atom. The van der Waals surface area contributed by atoms with Crippen molar-refractivity contribution in [3.63, 3.8) is 0 Å². The smallest absolute Gasteiger partial charge is 0.177 e. The predicted octanol–water partition coefficient (Wildman–Crippen LogP) is 2.26. The van der Waals surface area contributed by atoms with Crippen molar-refractivity contribution in [2.45, 2.75) is 25.3 Å². The molecule has 4 aromatic rings. The molecule has 0 saturated carbocycles. The van der Waals surface area contributed by atoms with Crippen LogP contribution in [0, 0.1) is 0 Å². The lowest BCUT2D eigenvalue weighted by molar-refractivity contribution is 0.199. The van der Waals surface area contributed by atoms with Gasteiger partial charge in [0.05, 0.1) is 12.2 Å². The average molecular weight is 374 g/mol. The standard InChI is InChI=1S/C20H22N8/c1-3-17(15-21-8-1)18-4-5-19-23-24-20(28(19)25-18)16-6-11-26(12-7-16)13-14-27-10-2-9-22-27/h1-5,8-10,15-16H,6-7,11-14H2. The van der Waals surface area contributed by atoms with Gasteiger partial charge in [-0.15, -0.1) is 10.2 Å². The second kappa shape index (κ2) is 7.47. The van der Waals surface area contributed by atoms with Crippen molar-refractivity contribution < 1.29 is 0 Å². The summed E-state index contributed by atoms with van der Waals surface area (Å²) in [7, 11) is 0. The highest BCUT2D eigenvalue weighted by Gasteiger charge is 2.25. The molecule has 0 aliphatic carbocycles. The summed E-state index contributed by atoms with van der Waals surface area (Å²) in [5.41, 5.74) is 2.68. The van der Waals surface area contributed by atoms with Crippen molar-refractivity contribution in [3.8, 4) is 11.3 Å². The fourth-order valence-corrected chi connectivity index (χ4v) is 3.82. The molecule has 28 heavy (non-hydrogen) atoms. The van der Waals surface area contributed by atoms with E-state index in [1.165, 1.54) is 0 Å². The third-order valence-electron chi connectivity index (χ3n) is 5.40. The summed E-state index contributed by atoms with van der Waals surface area (Å²) < 4.78 is 3.90. The van der Waals surface area contributed by atoms with Crippen molar-refractivity contribution in [1.29, 1.82) is 0 Å². The normalized spacial score (nSPS) is 16.0. The number of hydrogen-bond donors (Lipinski definition) is 0. The van der Waals surface area contributed by atoms with E-state index in [9.17, 15) is 0 Å². The van der Waals surface area contributed by atoms with Crippen molar-refractivity contribution in [3.05, 3.63) is 60.9 Å². The van der Waals surface area contributed by atoms with Gasteiger partial charge in [0.15, 0.2) is 11.5 Å². The van der Waals surface area contributed by atoms with Gasteiger partial charge in [-0.25, -0.2) is 0 Å². The zero-order valence-electron chi connectivity index (χ0n) is 15.6. The van der Waals surface area contributed by atoms with Gasteiger partial charge >= 0.3 is 0 Å². The summed E-state index contributed by atoms with van der Waals surface area (Å²) >= 11 is 0. The van der Waals surface area contributed by atoms with Crippen LogP contribution in [-0.2, 0) is 6.54 Å². The number of nitrogens with zero attached hydrogens (tertiary/aromatic N) is 8. The molecule has 0 aromatic carbocycles. The molecule has 8 nitrogen and oxygen atoms in total. The first kappa shape index (κ1) is 17.0. The molecule has 0 atom stereocenters. The SMILES string of the molecule is c1cncc(-c2ccc3nnc(C4CCN(CCn5cccn5)CC4)n3n2)c1. The maximum absolute atomic E-state index is 4.80. The van der Waals surface area contributed by atoms with Crippen molar-refractivity contribution in [1.82, 2.24) is 39.5 Å². The molecule has 0 unspecified atom stereocenters. The molecule has 1 fully saturated rings. The Morgan fingerprint density at radius 3 is 2.68 bits per heavy atom. The van der Waals surface area contributed by atoms with Crippen molar-refractivity contribution >= 4 is 5.65 Å². The van der Waals surface area contributed by atoms with E-state index in [1.807, 2.05) is 58.1 Å². The predicted molar refractivity (Wildman–Crippen MR) is 105 cm³/mol. The van der Waals surface area contributed by atoms with E-state index in [1.54, 1.807) is 6.20 Å². The highest BCUT2D eigenvalue weighted by Crippen LogP contribution is 2.27. The molecule has 5 heterocycles. The minimum Gasteiger partial charge on any atom is -0.301 e. The van der Waals surface area contributed by atoms with Crippen LogP contribution in [0.4, 0.5) is 0 Å². The van der Waals surface area contributed by atoms with Gasteiger partial charge in [-0.3, -0.25) is 9.67 Å². The molecule has 0 N–H and O–H groups in total. The van der Waals surface area contributed by atoms with Gasteiger partial charge in [0.2, 0.25) is 0 Å². The lowest BCUT2D eigenvalue weighted by atomic mass is 9.96. The van der Waals surface area contributed by atoms with Crippen LogP contribution in [0.25, 0.3) is 16.9 Å². The zero-order chi connectivity index (χ0) is 18.8. The van der Waals surface area contributed by atoms with Crippen LogP contribution in [0.2, 0.25) is 0 Å². The lowest BCUT2D eigenvalue weighted by Gasteiger charge is -2.30. The van der Waals surface area contributed by atoms with E-state index in [-0.39, 0.29) is 0 Å². The lowest BCUT2D eigenvalue weighted by Crippen LogP contribution is -2.35. The van der Waals surface area contributed by atoms with Gasteiger partial charge in [-0.2, -0.15) is 14.7 Å². The Balaban J connectivity index is 1.30. The Morgan fingerprint density at radius 1 is 0.964 bits per heavy atom. The minimum absolute atomic E-state index is 0.382. The molecule has 0 spiro atoms. The van der Waals surface area contributed by atoms with E-state index in [2.05, 4.69) is 25.2 Å². The van der Waals surface area contributed by atoms with Crippen molar-refractivity contribution in [2.24, 2.45) is 0 Å². The van der Waals surface area contributed by atoms with Gasteiger partial charge < -0.3 is 4.90 Å². The second-order valence-electron chi connectivity index (χ2n) is 7.17. The van der Waals surface area contributed by atoms with Crippen LogP contribution in [0.15, 0.2) is 55.1 Å². The van der Waals surface area contributed by atoms with E-state index < -0.39 is 0 Å². The van der Waals surface area contributed by atoms with Crippen LogP contribution in [0.3, 0.4) is 0 Å². The van der Waals surface area contributed by atoms with Crippen LogP contribution in [0.1, 0.15) is 24.6 Å². The first-order valence-electron chi connectivity index (χ1n) is 9.69. The first-order chi connectivity index (χ1) is 13.9. The molecular formula is C20H22N8. The molecule has 5 rings (SSSR count). The van der Waals surface area contributed by atoms with Crippen molar-refractivity contribution in [2.75, 3.05) is 19.6 Å².